The number of esters is 1. The van der Waals surface area contributed by atoms with Crippen LogP contribution < -0.4 is 0 Å². The summed E-state index contributed by atoms with van der Waals surface area (Å²) in [4.78, 5) is 24.7. The minimum atomic E-state index is -5.27. The number of hydrogen-bond donors (Lipinski definition) is 0. The Morgan fingerprint density at radius 3 is 2.24 bits per heavy atom. The summed E-state index contributed by atoms with van der Waals surface area (Å²) in [5, 5.41) is 11.2. The third kappa shape index (κ3) is 4.60. The van der Waals surface area contributed by atoms with Crippen molar-refractivity contribution in [2.75, 3.05) is 6.61 Å². The summed E-state index contributed by atoms with van der Waals surface area (Å²) >= 11 is 0. The molecule has 0 N–H and O–H groups in total. The van der Waals surface area contributed by atoms with E-state index in [2.05, 4.69) is 9.72 Å². The van der Waals surface area contributed by atoms with Crippen LogP contribution in [-0.4, -0.2) is 22.5 Å². The van der Waals surface area contributed by atoms with Gasteiger partial charge in [-0.05, 0) is 19.3 Å². The molecule has 0 amide bonds. The summed E-state index contributed by atoms with van der Waals surface area (Å²) in [5.74, 6) is -1.96. The Kier molecular flexibility index (Phi) is 6.38. The Bertz CT molecular complexity index is 674. The molecule has 140 valence electrons. The lowest BCUT2D eigenvalue weighted by Crippen LogP contribution is -2.23. The Morgan fingerprint density at radius 2 is 1.88 bits per heavy atom. The standard InChI is InChI=1S/C14H15F5N2O4/c1-4-25-13(22)8-7(5-6(2)3)10(21(23)24)9(12(15)16)20-11(8)14(17,18)19/h6,12H,4-5H2,1-3H3. The third-order valence-corrected chi connectivity index (χ3v) is 3.05. The van der Waals surface area contributed by atoms with Crippen LogP contribution >= 0.6 is 0 Å². The first-order valence-electron chi connectivity index (χ1n) is 7.15. The van der Waals surface area contributed by atoms with Crippen molar-refractivity contribution in [3.8, 4) is 0 Å². The number of pyridine rings is 1. The maximum absolute atomic E-state index is 13.3. The molecule has 0 bridgehead atoms. The number of halogens is 5. The van der Waals surface area contributed by atoms with Crippen LogP contribution in [-0.2, 0) is 17.3 Å². The van der Waals surface area contributed by atoms with E-state index >= 15 is 0 Å². The number of nitrogens with zero attached hydrogens (tertiary/aromatic N) is 2. The average molecular weight is 370 g/mol. The normalized spacial score (nSPS) is 11.9. The highest BCUT2D eigenvalue weighted by atomic mass is 19.4. The molecule has 0 aromatic carbocycles. The quantitative estimate of drug-likeness (QED) is 0.322. The number of rotatable bonds is 6. The molecular formula is C14H15F5N2O4. The molecule has 0 saturated heterocycles. The van der Waals surface area contributed by atoms with Crippen LogP contribution in [0.2, 0.25) is 0 Å². The molecule has 0 unspecified atom stereocenters. The van der Waals surface area contributed by atoms with Crippen molar-refractivity contribution in [2.24, 2.45) is 5.92 Å². The van der Waals surface area contributed by atoms with Crippen LogP contribution in [0, 0.1) is 16.0 Å². The van der Waals surface area contributed by atoms with Crippen LogP contribution in [0.4, 0.5) is 27.6 Å². The Morgan fingerprint density at radius 1 is 1.32 bits per heavy atom. The lowest BCUT2D eigenvalue weighted by Gasteiger charge is -2.18. The summed E-state index contributed by atoms with van der Waals surface area (Å²) < 4.78 is 70.5. The Labute approximate surface area is 139 Å². The van der Waals surface area contributed by atoms with Gasteiger partial charge in [0, 0.05) is 5.56 Å². The van der Waals surface area contributed by atoms with Gasteiger partial charge in [0.15, 0.2) is 11.4 Å². The summed E-state index contributed by atoms with van der Waals surface area (Å²) in [6.07, 6.45) is -9.30. The van der Waals surface area contributed by atoms with Crippen molar-refractivity contribution < 1.29 is 36.4 Å². The van der Waals surface area contributed by atoms with E-state index < -0.39 is 64.0 Å². The zero-order valence-corrected chi connectivity index (χ0v) is 13.5. The largest absolute Gasteiger partial charge is 0.462 e. The van der Waals surface area contributed by atoms with Gasteiger partial charge in [-0.15, -0.1) is 0 Å². The van der Waals surface area contributed by atoms with Crippen LogP contribution in [0.3, 0.4) is 0 Å². The fourth-order valence-electron chi connectivity index (χ4n) is 2.24. The number of aromatic nitrogens is 1. The maximum atomic E-state index is 13.3. The molecule has 1 rings (SSSR count). The van der Waals surface area contributed by atoms with Crippen molar-refractivity contribution in [1.82, 2.24) is 4.98 Å². The number of alkyl halides is 5. The van der Waals surface area contributed by atoms with E-state index in [1.54, 1.807) is 0 Å². The molecule has 1 heterocycles. The van der Waals surface area contributed by atoms with Gasteiger partial charge in [-0.2, -0.15) is 13.2 Å². The van der Waals surface area contributed by atoms with Gasteiger partial charge in [0.1, 0.15) is 5.56 Å². The van der Waals surface area contributed by atoms with E-state index in [0.717, 1.165) is 0 Å². The average Bonchev–Trinajstić information content (AvgIpc) is 2.43. The number of carbonyl (C=O) groups is 1. The fourth-order valence-corrected chi connectivity index (χ4v) is 2.24. The first-order valence-corrected chi connectivity index (χ1v) is 7.15. The van der Waals surface area contributed by atoms with Gasteiger partial charge < -0.3 is 4.74 Å². The van der Waals surface area contributed by atoms with E-state index in [1.165, 1.54) is 20.8 Å². The highest BCUT2D eigenvalue weighted by Crippen LogP contribution is 2.40. The molecule has 25 heavy (non-hydrogen) atoms. The Balaban J connectivity index is 4.00. The zero-order valence-electron chi connectivity index (χ0n) is 13.5. The van der Waals surface area contributed by atoms with Gasteiger partial charge in [0.2, 0.25) is 0 Å². The van der Waals surface area contributed by atoms with Crippen LogP contribution in [0.1, 0.15) is 54.5 Å². The molecule has 1 aromatic rings. The van der Waals surface area contributed by atoms with Gasteiger partial charge in [-0.3, -0.25) is 10.1 Å². The fraction of sp³-hybridized carbons (Fsp3) is 0.571. The molecule has 0 radical (unpaired) electrons. The van der Waals surface area contributed by atoms with Crippen LogP contribution in [0.25, 0.3) is 0 Å². The summed E-state index contributed by atoms with van der Waals surface area (Å²) in [6, 6.07) is 0. The second kappa shape index (κ2) is 7.70. The van der Waals surface area contributed by atoms with Crippen molar-refractivity contribution in [2.45, 2.75) is 39.8 Å². The van der Waals surface area contributed by atoms with Crippen LogP contribution in [0.5, 0.6) is 0 Å². The molecule has 0 fully saturated rings. The summed E-state index contributed by atoms with van der Waals surface area (Å²) in [7, 11) is 0. The van der Waals surface area contributed by atoms with E-state index in [0.29, 0.717) is 0 Å². The molecule has 0 atom stereocenters. The Hall–Kier alpha value is -2.33. The lowest BCUT2D eigenvalue weighted by atomic mass is 9.94. The molecule has 0 spiro atoms. The van der Waals surface area contributed by atoms with E-state index in [-0.39, 0.29) is 6.61 Å². The highest BCUT2D eigenvalue weighted by molar-refractivity contribution is 5.94. The van der Waals surface area contributed by atoms with E-state index in [1.807, 2.05) is 0 Å². The monoisotopic (exact) mass is 370 g/mol. The molecular weight excluding hydrogens is 355 g/mol. The second-order valence-corrected chi connectivity index (χ2v) is 5.42. The molecule has 6 nitrogen and oxygen atoms in total. The minimum absolute atomic E-state index is 0.304. The van der Waals surface area contributed by atoms with Gasteiger partial charge in [-0.25, -0.2) is 18.6 Å². The number of nitro groups is 1. The molecule has 0 aliphatic heterocycles. The molecule has 0 aliphatic carbocycles. The SMILES string of the molecule is CCOC(=O)c1c(C(F)(F)F)nc(C(F)F)c([N+](=O)[O-])c1CC(C)C. The second-order valence-electron chi connectivity index (χ2n) is 5.42. The molecule has 11 heteroatoms. The smallest absolute Gasteiger partial charge is 0.434 e. The minimum Gasteiger partial charge on any atom is -0.462 e. The van der Waals surface area contributed by atoms with Gasteiger partial charge in [0.05, 0.1) is 11.5 Å². The lowest BCUT2D eigenvalue weighted by molar-refractivity contribution is -0.387. The van der Waals surface area contributed by atoms with Crippen molar-refractivity contribution >= 4 is 11.7 Å². The third-order valence-electron chi connectivity index (χ3n) is 3.05. The van der Waals surface area contributed by atoms with Gasteiger partial charge in [-0.1, -0.05) is 13.8 Å². The molecule has 0 aliphatic rings. The summed E-state index contributed by atoms with van der Waals surface area (Å²) in [6.45, 7) is 4.03. The maximum Gasteiger partial charge on any atom is 0.434 e. The number of carbonyl (C=O) groups excluding carboxylic acids is 1. The van der Waals surface area contributed by atoms with E-state index in [4.69, 9.17) is 0 Å². The van der Waals surface area contributed by atoms with E-state index in [9.17, 15) is 36.9 Å². The van der Waals surface area contributed by atoms with Crippen molar-refractivity contribution in [1.29, 1.82) is 0 Å². The zero-order chi connectivity index (χ0) is 19.5. The first-order chi connectivity index (χ1) is 11.4. The molecule has 0 saturated carbocycles. The topological polar surface area (TPSA) is 82.3 Å². The summed E-state index contributed by atoms with van der Waals surface area (Å²) in [5.41, 5.74) is -6.78. The highest BCUT2D eigenvalue weighted by Gasteiger charge is 2.44. The predicted molar refractivity (Wildman–Crippen MR) is 75.3 cm³/mol. The van der Waals surface area contributed by atoms with Crippen molar-refractivity contribution in [3.05, 3.63) is 32.6 Å². The van der Waals surface area contributed by atoms with Crippen molar-refractivity contribution in [3.63, 3.8) is 0 Å². The van der Waals surface area contributed by atoms with Crippen LogP contribution in [0.15, 0.2) is 0 Å². The predicted octanol–water partition coefficient (Wildman–Crippen LogP) is 4.32. The first kappa shape index (κ1) is 20.7. The van der Waals surface area contributed by atoms with Gasteiger partial charge in [0.25, 0.3) is 6.43 Å². The number of ether oxygens (including phenoxy) is 1. The number of hydrogen-bond acceptors (Lipinski definition) is 5. The van der Waals surface area contributed by atoms with Gasteiger partial charge >= 0.3 is 17.8 Å². The molecule has 1 aromatic heterocycles.